The van der Waals surface area contributed by atoms with Crippen molar-refractivity contribution in [2.75, 3.05) is 0 Å². The van der Waals surface area contributed by atoms with Gasteiger partial charge in [-0.1, -0.05) is 17.8 Å². The summed E-state index contributed by atoms with van der Waals surface area (Å²) in [7, 11) is 0. The van der Waals surface area contributed by atoms with Crippen LogP contribution in [0.15, 0.2) is 46.3 Å². The average molecular weight is 263 g/mol. The normalized spacial score (nSPS) is 10.3. The first-order chi connectivity index (χ1) is 8.56. The quantitative estimate of drug-likeness (QED) is 0.922. The predicted octanol–water partition coefficient (Wildman–Crippen LogP) is 3.38. The number of nitrogens with zero attached hydrogens (tertiary/aromatic N) is 1. The maximum absolute atomic E-state index is 13.0. The van der Waals surface area contributed by atoms with Crippen molar-refractivity contribution in [1.82, 2.24) is 4.98 Å². The van der Waals surface area contributed by atoms with Crippen molar-refractivity contribution < 1.29 is 14.3 Å². The second-order valence-corrected chi connectivity index (χ2v) is 4.74. The van der Waals surface area contributed by atoms with Crippen molar-refractivity contribution in [3.8, 4) is 0 Å². The highest BCUT2D eigenvalue weighted by Crippen LogP contribution is 2.27. The highest BCUT2D eigenvalue weighted by atomic mass is 32.2. The van der Waals surface area contributed by atoms with Crippen molar-refractivity contribution >= 4 is 17.7 Å². The number of benzene rings is 1. The van der Waals surface area contributed by atoms with E-state index in [1.54, 1.807) is 25.1 Å². The molecule has 1 N–H and O–H groups in total. The zero-order valence-corrected chi connectivity index (χ0v) is 10.4. The largest absolute Gasteiger partial charge is 0.478 e. The topological polar surface area (TPSA) is 50.2 Å². The minimum absolute atomic E-state index is 0.179. The zero-order chi connectivity index (χ0) is 13.1. The molecule has 1 aromatic heterocycles. The Labute approximate surface area is 108 Å². The van der Waals surface area contributed by atoms with E-state index in [4.69, 9.17) is 5.11 Å². The number of pyridine rings is 1. The number of carboxylic acids is 1. The standard InChI is InChI=1S/C13H10FNO2S/c1-8-11(13(16)17)5-6-12(15-8)18-10-4-2-3-9(14)7-10/h2-7H,1H3,(H,16,17). The molecule has 0 aliphatic rings. The van der Waals surface area contributed by atoms with Crippen molar-refractivity contribution in [2.24, 2.45) is 0 Å². The summed E-state index contributed by atoms with van der Waals surface area (Å²) in [5.41, 5.74) is 0.627. The molecule has 1 aromatic carbocycles. The summed E-state index contributed by atoms with van der Waals surface area (Å²) in [4.78, 5) is 15.7. The molecule has 0 saturated carbocycles. The lowest BCUT2D eigenvalue weighted by Crippen LogP contribution is -2.01. The number of halogens is 1. The molecule has 0 saturated heterocycles. The summed E-state index contributed by atoms with van der Waals surface area (Å²) in [5, 5.41) is 9.53. The lowest BCUT2D eigenvalue weighted by Gasteiger charge is -2.04. The van der Waals surface area contributed by atoms with Crippen LogP contribution in [-0.4, -0.2) is 16.1 Å². The molecule has 0 spiro atoms. The third-order valence-electron chi connectivity index (χ3n) is 2.31. The highest BCUT2D eigenvalue weighted by molar-refractivity contribution is 7.99. The number of hydrogen-bond acceptors (Lipinski definition) is 3. The number of aryl methyl sites for hydroxylation is 1. The second-order valence-electron chi connectivity index (χ2n) is 3.65. The minimum Gasteiger partial charge on any atom is -0.478 e. The molecule has 18 heavy (non-hydrogen) atoms. The third-order valence-corrected chi connectivity index (χ3v) is 3.24. The lowest BCUT2D eigenvalue weighted by molar-refractivity contribution is 0.0695. The summed E-state index contributed by atoms with van der Waals surface area (Å²) in [6.07, 6.45) is 0. The first-order valence-electron chi connectivity index (χ1n) is 5.20. The smallest absolute Gasteiger partial charge is 0.337 e. The van der Waals surface area contributed by atoms with Crippen LogP contribution in [0.1, 0.15) is 16.1 Å². The van der Waals surface area contributed by atoms with Crippen LogP contribution in [0.25, 0.3) is 0 Å². The van der Waals surface area contributed by atoms with Crippen LogP contribution in [0.5, 0.6) is 0 Å². The van der Waals surface area contributed by atoms with Crippen LogP contribution >= 0.6 is 11.8 Å². The number of aromatic carboxylic acids is 1. The molecule has 0 radical (unpaired) electrons. The fourth-order valence-corrected chi connectivity index (χ4v) is 2.35. The molecule has 2 aromatic rings. The predicted molar refractivity (Wildman–Crippen MR) is 66.5 cm³/mol. The van der Waals surface area contributed by atoms with Crippen molar-refractivity contribution in [3.63, 3.8) is 0 Å². The minimum atomic E-state index is -0.998. The van der Waals surface area contributed by atoms with Gasteiger partial charge in [0.05, 0.1) is 11.3 Å². The molecule has 0 aliphatic heterocycles. The second kappa shape index (κ2) is 5.18. The van der Waals surface area contributed by atoms with Gasteiger partial charge in [0.2, 0.25) is 0 Å². The van der Waals surface area contributed by atoms with E-state index in [1.165, 1.54) is 30.0 Å². The molecule has 0 atom stereocenters. The van der Waals surface area contributed by atoms with Gasteiger partial charge in [0.1, 0.15) is 10.8 Å². The molecule has 3 nitrogen and oxygen atoms in total. The van der Waals surface area contributed by atoms with E-state index >= 15 is 0 Å². The van der Waals surface area contributed by atoms with E-state index in [0.29, 0.717) is 10.7 Å². The Morgan fingerprint density at radius 2 is 2.11 bits per heavy atom. The Morgan fingerprint density at radius 1 is 1.33 bits per heavy atom. The summed E-state index contributed by atoms with van der Waals surface area (Å²) in [6, 6.07) is 9.30. The van der Waals surface area contributed by atoms with E-state index in [9.17, 15) is 9.18 Å². The Morgan fingerprint density at radius 3 is 2.72 bits per heavy atom. The third kappa shape index (κ3) is 2.87. The van der Waals surface area contributed by atoms with Crippen LogP contribution in [0.4, 0.5) is 4.39 Å². The summed E-state index contributed by atoms with van der Waals surface area (Å²) >= 11 is 1.29. The van der Waals surface area contributed by atoms with Gasteiger partial charge in [0, 0.05) is 4.90 Å². The van der Waals surface area contributed by atoms with Gasteiger partial charge in [-0.15, -0.1) is 0 Å². The van der Waals surface area contributed by atoms with E-state index in [1.807, 2.05) is 0 Å². The van der Waals surface area contributed by atoms with Crippen molar-refractivity contribution in [1.29, 1.82) is 0 Å². The van der Waals surface area contributed by atoms with Gasteiger partial charge in [0.15, 0.2) is 0 Å². The molecule has 0 amide bonds. The SMILES string of the molecule is Cc1nc(Sc2cccc(F)c2)ccc1C(=O)O. The molecule has 1 heterocycles. The number of hydrogen-bond donors (Lipinski definition) is 1. The van der Waals surface area contributed by atoms with Crippen LogP contribution in [0, 0.1) is 12.7 Å². The van der Waals surface area contributed by atoms with Crippen molar-refractivity contribution in [3.05, 3.63) is 53.5 Å². The summed E-state index contributed by atoms with van der Waals surface area (Å²) in [6.45, 7) is 1.64. The van der Waals surface area contributed by atoms with Gasteiger partial charge in [-0.25, -0.2) is 14.2 Å². The average Bonchev–Trinajstić information content (AvgIpc) is 2.28. The molecule has 0 aliphatic carbocycles. The number of carboxylic acid groups (broad SMARTS) is 1. The van der Waals surface area contributed by atoms with E-state index in [0.717, 1.165) is 4.90 Å². The van der Waals surface area contributed by atoms with E-state index < -0.39 is 5.97 Å². The molecule has 0 unspecified atom stereocenters. The lowest BCUT2D eigenvalue weighted by atomic mass is 10.2. The number of carbonyl (C=O) groups is 1. The molecule has 0 bridgehead atoms. The summed E-state index contributed by atoms with van der Waals surface area (Å²) in [5.74, 6) is -1.30. The Bertz CT molecular complexity index is 601. The van der Waals surface area contributed by atoms with Crippen LogP contribution in [0.2, 0.25) is 0 Å². The maximum atomic E-state index is 13.0. The van der Waals surface area contributed by atoms with Crippen LogP contribution < -0.4 is 0 Å². The van der Waals surface area contributed by atoms with E-state index in [-0.39, 0.29) is 11.4 Å². The molecule has 2 rings (SSSR count). The molecular formula is C13H10FNO2S. The van der Waals surface area contributed by atoms with E-state index in [2.05, 4.69) is 4.98 Å². The fraction of sp³-hybridized carbons (Fsp3) is 0.0769. The van der Waals surface area contributed by atoms with Crippen molar-refractivity contribution in [2.45, 2.75) is 16.8 Å². The van der Waals surface area contributed by atoms with Gasteiger partial charge in [0.25, 0.3) is 0 Å². The van der Waals surface area contributed by atoms with Gasteiger partial charge in [-0.05, 0) is 37.3 Å². The Hall–Kier alpha value is -1.88. The zero-order valence-electron chi connectivity index (χ0n) is 9.55. The first kappa shape index (κ1) is 12.6. The van der Waals surface area contributed by atoms with Gasteiger partial charge in [-0.3, -0.25) is 0 Å². The van der Waals surface area contributed by atoms with Gasteiger partial charge < -0.3 is 5.11 Å². The Balaban J connectivity index is 2.25. The molecule has 0 fully saturated rings. The molecule has 92 valence electrons. The van der Waals surface area contributed by atoms with Gasteiger partial charge >= 0.3 is 5.97 Å². The first-order valence-corrected chi connectivity index (χ1v) is 6.02. The number of rotatable bonds is 3. The van der Waals surface area contributed by atoms with Crippen LogP contribution in [0.3, 0.4) is 0 Å². The van der Waals surface area contributed by atoms with Crippen LogP contribution in [-0.2, 0) is 0 Å². The highest BCUT2D eigenvalue weighted by Gasteiger charge is 2.09. The summed E-state index contributed by atoms with van der Waals surface area (Å²) < 4.78 is 13.0. The molecular weight excluding hydrogens is 253 g/mol. The molecule has 5 heteroatoms. The van der Waals surface area contributed by atoms with Gasteiger partial charge in [-0.2, -0.15) is 0 Å². The maximum Gasteiger partial charge on any atom is 0.337 e. The fourth-order valence-electron chi connectivity index (χ4n) is 1.47. The monoisotopic (exact) mass is 263 g/mol. The number of aromatic nitrogens is 1. The Kier molecular flexibility index (Phi) is 3.62.